The average Bonchev–Trinajstić information content (AvgIpc) is 3.04. The van der Waals surface area contributed by atoms with Crippen LogP contribution in [0.3, 0.4) is 0 Å². The Kier molecular flexibility index (Phi) is 4.45. The van der Waals surface area contributed by atoms with Gasteiger partial charge in [0.2, 0.25) is 11.8 Å². The number of aliphatic carboxylic acids is 1. The van der Waals surface area contributed by atoms with Crippen LogP contribution in [0.5, 0.6) is 0 Å². The Morgan fingerprint density at radius 3 is 1.87 bits per heavy atom. The number of rotatable bonds is 5. The zero-order valence-corrected chi connectivity index (χ0v) is 13.7. The fraction of sp³-hybridized carbons (Fsp3) is 0.471. The summed E-state index contributed by atoms with van der Waals surface area (Å²) in [4.78, 5) is 34.9. The molecule has 2 rings (SSSR count). The standard InChI is InChI=1S/C17H22N2O4/c1-9(2)14(20)18-10-5-7-11(8-6-10)19-15(21)12-13(16(22)23)17(12,3)4/h5-9,12-13H,1-4H3,(H,18,20)(H,19,21)(H,22,23)/t12-,13-/m1/s1. The van der Waals surface area contributed by atoms with Gasteiger partial charge in [0.15, 0.2) is 0 Å². The third-order valence-electron chi connectivity index (χ3n) is 4.32. The molecule has 0 heterocycles. The molecule has 1 aromatic rings. The van der Waals surface area contributed by atoms with Gasteiger partial charge in [0, 0.05) is 17.3 Å². The molecule has 124 valence electrons. The summed E-state index contributed by atoms with van der Waals surface area (Å²) in [6.07, 6.45) is 0. The summed E-state index contributed by atoms with van der Waals surface area (Å²) >= 11 is 0. The molecule has 1 fully saturated rings. The molecule has 0 spiro atoms. The molecule has 1 aliphatic rings. The second kappa shape index (κ2) is 6.02. The van der Waals surface area contributed by atoms with E-state index in [2.05, 4.69) is 10.6 Å². The first-order valence-electron chi connectivity index (χ1n) is 7.59. The fourth-order valence-electron chi connectivity index (χ4n) is 2.73. The maximum atomic E-state index is 12.2. The number of carboxylic acid groups (broad SMARTS) is 1. The molecule has 6 heteroatoms. The fourth-order valence-corrected chi connectivity index (χ4v) is 2.73. The maximum Gasteiger partial charge on any atom is 0.307 e. The van der Waals surface area contributed by atoms with Gasteiger partial charge >= 0.3 is 5.97 Å². The first-order chi connectivity index (χ1) is 10.6. The molecule has 2 amide bonds. The lowest BCUT2D eigenvalue weighted by Gasteiger charge is -2.09. The zero-order chi connectivity index (χ0) is 17.4. The molecule has 6 nitrogen and oxygen atoms in total. The van der Waals surface area contributed by atoms with Gasteiger partial charge in [-0.3, -0.25) is 14.4 Å². The molecular formula is C17H22N2O4. The second-order valence-corrected chi connectivity index (χ2v) is 6.83. The van der Waals surface area contributed by atoms with Crippen LogP contribution >= 0.6 is 0 Å². The maximum absolute atomic E-state index is 12.2. The molecule has 1 aromatic carbocycles. The van der Waals surface area contributed by atoms with Crippen LogP contribution in [-0.2, 0) is 14.4 Å². The number of nitrogens with one attached hydrogen (secondary N) is 2. The van der Waals surface area contributed by atoms with Gasteiger partial charge in [-0.1, -0.05) is 27.7 Å². The van der Waals surface area contributed by atoms with Crippen molar-refractivity contribution < 1.29 is 19.5 Å². The largest absolute Gasteiger partial charge is 0.481 e. The minimum atomic E-state index is -0.943. The highest BCUT2D eigenvalue weighted by atomic mass is 16.4. The quantitative estimate of drug-likeness (QED) is 0.777. The van der Waals surface area contributed by atoms with Crippen LogP contribution in [-0.4, -0.2) is 22.9 Å². The van der Waals surface area contributed by atoms with Crippen molar-refractivity contribution in [1.82, 2.24) is 0 Å². The molecule has 3 N–H and O–H groups in total. The van der Waals surface area contributed by atoms with E-state index < -0.39 is 23.2 Å². The molecule has 0 aliphatic heterocycles. The molecule has 1 saturated carbocycles. The summed E-state index contributed by atoms with van der Waals surface area (Å²) in [7, 11) is 0. The monoisotopic (exact) mass is 318 g/mol. The Bertz CT molecular complexity index is 634. The van der Waals surface area contributed by atoms with Crippen molar-refractivity contribution in [1.29, 1.82) is 0 Å². The van der Waals surface area contributed by atoms with E-state index in [1.165, 1.54) is 0 Å². The molecule has 0 bridgehead atoms. The van der Waals surface area contributed by atoms with E-state index in [0.717, 1.165) is 0 Å². The Morgan fingerprint density at radius 1 is 1.00 bits per heavy atom. The first kappa shape index (κ1) is 17.0. The van der Waals surface area contributed by atoms with Crippen LogP contribution in [0.4, 0.5) is 11.4 Å². The summed E-state index contributed by atoms with van der Waals surface area (Å²) in [6.45, 7) is 7.17. The van der Waals surface area contributed by atoms with E-state index >= 15 is 0 Å². The summed E-state index contributed by atoms with van der Waals surface area (Å²) in [6, 6.07) is 6.75. The molecule has 0 radical (unpaired) electrons. The van der Waals surface area contributed by atoms with Crippen LogP contribution in [0, 0.1) is 23.2 Å². The molecule has 1 aliphatic carbocycles. The van der Waals surface area contributed by atoms with Gasteiger partial charge in [-0.15, -0.1) is 0 Å². The van der Waals surface area contributed by atoms with E-state index in [4.69, 9.17) is 5.11 Å². The van der Waals surface area contributed by atoms with E-state index in [1.54, 1.807) is 52.0 Å². The van der Waals surface area contributed by atoms with Crippen LogP contribution in [0.25, 0.3) is 0 Å². The molecule has 0 saturated heterocycles. The Morgan fingerprint density at radius 2 is 1.48 bits per heavy atom. The Balaban J connectivity index is 1.98. The number of hydrogen-bond donors (Lipinski definition) is 3. The van der Waals surface area contributed by atoms with Crippen LogP contribution < -0.4 is 10.6 Å². The topological polar surface area (TPSA) is 95.5 Å². The first-order valence-corrected chi connectivity index (χ1v) is 7.59. The second-order valence-electron chi connectivity index (χ2n) is 6.83. The van der Waals surface area contributed by atoms with E-state index in [-0.39, 0.29) is 17.7 Å². The number of carbonyl (C=O) groups excluding carboxylic acids is 2. The third-order valence-corrected chi connectivity index (χ3v) is 4.32. The normalized spacial score (nSPS) is 21.6. The summed E-state index contributed by atoms with van der Waals surface area (Å²) in [5.41, 5.74) is 0.697. The number of amides is 2. The lowest BCUT2D eigenvalue weighted by atomic mass is 10.1. The Hall–Kier alpha value is -2.37. The van der Waals surface area contributed by atoms with E-state index in [1.807, 2.05) is 0 Å². The van der Waals surface area contributed by atoms with Crippen LogP contribution in [0.2, 0.25) is 0 Å². The van der Waals surface area contributed by atoms with Crippen molar-refractivity contribution in [3.63, 3.8) is 0 Å². The van der Waals surface area contributed by atoms with Crippen molar-refractivity contribution in [3.05, 3.63) is 24.3 Å². The highest BCUT2D eigenvalue weighted by Gasteiger charge is 2.65. The highest BCUT2D eigenvalue weighted by Crippen LogP contribution is 2.58. The van der Waals surface area contributed by atoms with Crippen molar-refractivity contribution in [2.75, 3.05) is 10.6 Å². The van der Waals surface area contributed by atoms with Gasteiger partial charge in [0.05, 0.1) is 11.8 Å². The van der Waals surface area contributed by atoms with Gasteiger partial charge in [0.25, 0.3) is 0 Å². The lowest BCUT2D eigenvalue weighted by Crippen LogP contribution is -2.18. The Labute approximate surface area is 135 Å². The van der Waals surface area contributed by atoms with Crippen LogP contribution in [0.1, 0.15) is 27.7 Å². The minimum absolute atomic E-state index is 0.0779. The predicted octanol–water partition coefficient (Wildman–Crippen LogP) is 2.58. The van der Waals surface area contributed by atoms with Gasteiger partial charge < -0.3 is 15.7 Å². The average molecular weight is 318 g/mol. The van der Waals surface area contributed by atoms with Gasteiger partial charge in [-0.2, -0.15) is 0 Å². The number of carboxylic acids is 1. The summed E-state index contributed by atoms with van der Waals surface area (Å²) < 4.78 is 0. The SMILES string of the molecule is CC(C)C(=O)Nc1ccc(NC(=O)[C@H]2[C@H](C(=O)O)C2(C)C)cc1. The molecule has 2 atom stereocenters. The number of benzene rings is 1. The van der Waals surface area contributed by atoms with Crippen molar-refractivity contribution in [2.45, 2.75) is 27.7 Å². The molecule has 0 aromatic heterocycles. The molecule has 0 unspecified atom stereocenters. The van der Waals surface area contributed by atoms with Crippen molar-refractivity contribution >= 4 is 29.2 Å². The number of anilines is 2. The predicted molar refractivity (Wildman–Crippen MR) is 86.9 cm³/mol. The third kappa shape index (κ3) is 3.52. The summed E-state index contributed by atoms with van der Waals surface area (Å²) in [5.74, 6) is -2.60. The van der Waals surface area contributed by atoms with Crippen LogP contribution in [0.15, 0.2) is 24.3 Å². The van der Waals surface area contributed by atoms with Gasteiger partial charge in [-0.25, -0.2) is 0 Å². The smallest absolute Gasteiger partial charge is 0.307 e. The minimum Gasteiger partial charge on any atom is -0.481 e. The molecule has 23 heavy (non-hydrogen) atoms. The van der Waals surface area contributed by atoms with E-state index in [0.29, 0.717) is 11.4 Å². The van der Waals surface area contributed by atoms with Gasteiger partial charge in [-0.05, 0) is 29.7 Å². The lowest BCUT2D eigenvalue weighted by molar-refractivity contribution is -0.140. The number of carbonyl (C=O) groups is 3. The summed E-state index contributed by atoms with van der Waals surface area (Å²) in [5, 5.41) is 14.6. The zero-order valence-electron chi connectivity index (χ0n) is 13.7. The van der Waals surface area contributed by atoms with Crippen molar-refractivity contribution in [2.24, 2.45) is 23.2 Å². The van der Waals surface area contributed by atoms with Crippen molar-refractivity contribution in [3.8, 4) is 0 Å². The number of hydrogen-bond acceptors (Lipinski definition) is 3. The van der Waals surface area contributed by atoms with E-state index in [9.17, 15) is 14.4 Å². The van der Waals surface area contributed by atoms with Gasteiger partial charge in [0.1, 0.15) is 0 Å². The molecular weight excluding hydrogens is 296 g/mol. The highest BCUT2D eigenvalue weighted by molar-refractivity contribution is 6.00.